The molecule has 44 heteroatoms. The predicted octanol–water partition coefficient (Wildman–Crippen LogP) is -2.42. The Morgan fingerprint density at radius 2 is 1.18 bits per heavy atom. The van der Waals surface area contributed by atoms with Gasteiger partial charge in [-0.05, 0) is 106 Å². The Kier molecular flexibility index (Phi) is 39.9. The largest absolute Gasteiger partial charge is 0.508 e. The number of methoxy groups -OCH3 is 1. The molecular formula is C87H124N10O34. The molecule has 4 fully saturated rings. The van der Waals surface area contributed by atoms with Gasteiger partial charge in [-0.15, -0.1) is 5.10 Å². The van der Waals surface area contributed by atoms with E-state index in [1.165, 1.54) is 34.8 Å². The lowest BCUT2D eigenvalue weighted by Gasteiger charge is -2.45. The van der Waals surface area contributed by atoms with Crippen LogP contribution in [0.25, 0.3) is 22.3 Å². The number of aryl methyl sites for hydroxylation is 1. The molecule has 11 rings (SSSR count). The average molecular weight is 1850 g/mol. The Bertz CT molecular complexity index is 4530. The number of phenols is 1. The van der Waals surface area contributed by atoms with Crippen molar-refractivity contribution in [3.05, 3.63) is 80.9 Å². The van der Waals surface area contributed by atoms with Crippen molar-refractivity contribution >= 4 is 64.1 Å². The van der Waals surface area contributed by atoms with Gasteiger partial charge in [0.25, 0.3) is 17.4 Å². The second-order valence-electron chi connectivity index (χ2n) is 33.0. The van der Waals surface area contributed by atoms with E-state index in [0.29, 0.717) is 113 Å². The van der Waals surface area contributed by atoms with Crippen LogP contribution in [0.4, 0.5) is 0 Å². The van der Waals surface area contributed by atoms with Gasteiger partial charge in [-0.3, -0.25) is 48.1 Å². The number of aromatic nitrogens is 5. The highest BCUT2D eigenvalue weighted by Crippen LogP contribution is 2.43. The zero-order valence-electron chi connectivity index (χ0n) is 73.8. The minimum atomic E-state index is -2.02. The molecule has 1 aromatic carbocycles. The second kappa shape index (κ2) is 50.9. The van der Waals surface area contributed by atoms with Crippen LogP contribution in [-0.2, 0) is 152 Å². The summed E-state index contributed by atoms with van der Waals surface area (Å²) >= 11 is 0. The number of pyridine rings is 2. The van der Waals surface area contributed by atoms with Crippen molar-refractivity contribution in [2.45, 2.75) is 241 Å². The van der Waals surface area contributed by atoms with Crippen LogP contribution in [0.5, 0.6) is 5.75 Å². The van der Waals surface area contributed by atoms with Crippen molar-refractivity contribution in [2.75, 3.05) is 132 Å². The topological polar surface area (TPSA) is 591 Å². The first-order valence-electron chi connectivity index (χ1n) is 44.8. The predicted molar refractivity (Wildman–Crippen MR) is 450 cm³/mol. The fourth-order valence-corrected chi connectivity index (χ4v) is 16.7. The van der Waals surface area contributed by atoms with Crippen LogP contribution in [0.2, 0.25) is 0 Å². The van der Waals surface area contributed by atoms with Crippen LogP contribution in [0.15, 0.2) is 47.4 Å². The SMILES string of the molecule is CCc1c2c(nc3ccc(O)cc13)-c1cc3c(c(=O)n1C2)COC(=O)[C@@]3(CC)OC(=O)CNC(=O)COCC(=O)NCCOCCOCCn1cc(CNC(=O)CCCCCO[C@H]2[C@@H](O)[C@@H](O)[C@@H](OC)O[C@@H]2CO[C@H]2O[C@H](CO[C@H]3O[C@H](CO)[C@@H](O)[C@@H](O)[C@H]3O)[C@@H](OCCCCCC(=O)NCCOCCOCCCC(=O)C3CCC(CN4C(=O)C=CC4=O)CC3)[C@@H](O)[C@H]2O)nn1. The van der Waals surface area contributed by atoms with Crippen LogP contribution in [0.3, 0.4) is 0 Å². The number of carbonyl (C=O) groups excluding carboxylic acids is 9. The molecule has 13 N–H and O–H groups in total. The lowest BCUT2D eigenvalue weighted by atomic mass is 9.79. The van der Waals surface area contributed by atoms with Gasteiger partial charge < -0.3 is 143 Å². The molecule has 3 aromatic heterocycles. The number of benzene rings is 1. The molecule has 726 valence electrons. The minimum Gasteiger partial charge on any atom is -0.508 e. The highest BCUT2D eigenvalue weighted by atomic mass is 16.8. The van der Waals surface area contributed by atoms with Gasteiger partial charge in [0.1, 0.15) is 117 Å². The van der Waals surface area contributed by atoms with Gasteiger partial charge >= 0.3 is 11.9 Å². The van der Waals surface area contributed by atoms with E-state index < -0.39 is 167 Å². The molecule has 9 heterocycles. The summed E-state index contributed by atoms with van der Waals surface area (Å²) in [5, 5.41) is 116. The van der Waals surface area contributed by atoms with E-state index >= 15 is 0 Å². The van der Waals surface area contributed by atoms with E-state index in [4.69, 9.17) is 76.0 Å². The molecule has 0 radical (unpaired) electrons. The zero-order valence-corrected chi connectivity index (χ0v) is 73.8. The van der Waals surface area contributed by atoms with Crippen LogP contribution < -0.4 is 26.8 Å². The van der Waals surface area contributed by atoms with Gasteiger partial charge in [0, 0.05) is 100 Å². The fraction of sp³-hybridized carbons (Fsp3) is 0.690. The normalized spacial score (nSPS) is 26.4. The van der Waals surface area contributed by atoms with Crippen LogP contribution >= 0.6 is 0 Å². The van der Waals surface area contributed by atoms with Gasteiger partial charge in [-0.25, -0.2) is 14.5 Å². The lowest BCUT2D eigenvalue weighted by Crippen LogP contribution is -2.63. The number of fused-ring (bicyclic) bond motifs is 5. The smallest absolute Gasteiger partial charge is 0.355 e. The first-order chi connectivity index (χ1) is 63.2. The summed E-state index contributed by atoms with van der Waals surface area (Å²) in [5.74, 6) is -3.77. The maximum Gasteiger partial charge on any atom is 0.355 e. The summed E-state index contributed by atoms with van der Waals surface area (Å²) in [7, 11) is 1.24. The minimum absolute atomic E-state index is 0.0000349. The van der Waals surface area contributed by atoms with Gasteiger partial charge in [0.15, 0.2) is 18.9 Å². The van der Waals surface area contributed by atoms with Crippen molar-refractivity contribution in [2.24, 2.45) is 11.8 Å². The molecule has 0 unspecified atom stereocenters. The van der Waals surface area contributed by atoms with Crippen molar-refractivity contribution in [3.8, 4) is 17.1 Å². The quantitative estimate of drug-likeness (QED) is 0.0109. The number of Topliss-reactive ketones (excluding diaryl/α,β-unsaturated/α-hetero) is 1. The van der Waals surface area contributed by atoms with Gasteiger partial charge in [-0.2, -0.15) is 0 Å². The molecule has 6 amide bonds. The summed E-state index contributed by atoms with van der Waals surface area (Å²) in [4.78, 5) is 134. The Labute approximate surface area is 754 Å². The number of ether oxygens (including phenoxy) is 15. The maximum absolute atomic E-state index is 14.1. The number of aromatic hydroxyl groups is 1. The van der Waals surface area contributed by atoms with Gasteiger partial charge in [-0.1, -0.05) is 31.9 Å². The van der Waals surface area contributed by atoms with Crippen LogP contribution in [0, 0.1) is 11.8 Å². The number of amides is 6. The Morgan fingerprint density at radius 3 is 1.80 bits per heavy atom. The molecule has 7 aliphatic rings. The van der Waals surface area contributed by atoms with E-state index in [-0.39, 0.29) is 156 Å². The van der Waals surface area contributed by atoms with Gasteiger partial charge in [0.2, 0.25) is 29.2 Å². The zero-order chi connectivity index (χ0) is 93.7. The van der Waals surface area contributed by atoms with E-state index in [9.17, 15) is 93.9 Å². The number of hydrogen-bond donors (Lipinski definition) is 13. The number of esters is 2. The molecular weight excluding hydrogens is 1730 g/mol. The molecule has 4 aromatic rings. The van der Waals surface area contributed by atoms with Crippen LogP contribution in [-0.4, -0.2) is 353 Å². The molecule has 44 nitrogen and oxygen atoms in total. The number of unbranched alkanes of at least 4 members (excludes halogenated alkanes) is 4. The number of phenolic OH excluding ortho intramolecular Hbond substituents is 1. The molecule has 1 saturated carbocycles. The van der Waals surface area contributed by atoms with Crippen molar-refractivity contribution in [1.29, 1.82) is 0 Å². The Balaban J connectivity index is 0.511. The third-order valence-electron chi connectivity index (χ3n) is 24.0. The maximum atomic E-state index is 14.1. The number of nitrogens with zero attached hydrogens (tertiary/aromatic N) is 6. The van der Waals surface area contributed by atoms with Crippen molar-refractivity contribution in [1.82, 2.24) is 50.7 Å². The molecule has 0 bridgehead atoms. The van der Waals surface area contributed by atoms with Crippen molar-refractivity contribution < 1.29 is 160 Å². The third kappa shape index (κ3) is 27.9. The number of aliphatic hydroxyl groups excluding tert-OH is 8. The number of hydrogen-bond acceptors (Lipinski definition) is 37. The van der Waals surface area contributed by atoms with E-state index in [0.717, 1.165) is 42.2 Å². The summed E-state index contributed by atoms with van der Waals surface area (Å²) < 4.78 is 88.9. The molecule has 0 spiro atoms. The molecule has 6 aliphatic heterocycles. The molecule has 16 atom stereocenters. The number of cyclic esters (lactones) is 1. The summed E-state index contributed by atoms with van der Waals surface area (Å²) in [6.07, 6.45) is -11.1. The van der Waals surface area contributed by atoms with Crippen LogP contribution in [0.1, 0.15) is 138 Å². The van der Waals surface area contributed by atoms with E-state index in [1.807, 2.05) is 6.92 Å². The fourth-order valence-electron chi connectivity index (χ4n) is 16.7. The second-order valence-corrected chi connectivity index (χ2v) is 33.0. The monoisotopic (exact) mass is 1850 g/mol. The molecule has 3 saturated heterocycles. The third-order valence-corrected chi connectivity index (χ3v) is 24.0. The number of imide groups is 1. The number of aliphatic hydroxyl groups is 8. The van der Waals surface area contributed by atoms with Gasteiger partial charge in [0.05, 0.1) is 114 Å². The van der Waals surface area contributed by atoms with E-state index in [1.54, 1.807) is 36.0 Å². The Hall–Kier alpha value is -8.95. The summed E-state index contributed by atoms with van der Waals surface area (Å²) in [6.45, 7) is 3.18. The molecule has 131 heavy (non-hydrogen) atoms. The highest BCUT2D eigenvalue weighted by molar-refractivity contribution is 6.13. The Morgan fingerprint density at radius 1 is 0.588 bits per heavy atom. The average Bonchev–Trinajstić information content (AvgIpc) is 1.68. The molecule has 1 aliphatic carbocycles. The van der Waals surface area contributed by atoms with Crippen molar-refractivity contribution in [3.63, 3.8) is 0 Å². The highest BCUT2D eigenvalue weighted by Gasteiger charge is 2.53. The number of rotatable bonds is 55. The standard InChI is InChI=1S/C87H124N10O34/c1-4-54-55-37-53(99)20-21-59(55)92-72-56(54)43-96-60(72)38-58-57(82(96)115)45-127-86(116)87(58,5-2)131-71(107)40-91-68(104)49-122-48-67(103)89-25-31-120-35-36-121-32-26-95-42-52(93-94-95)39-90-66(102)15-9-7-11-28-123-80-63(129-83(117-3)78(113)75(80)110)46-126-85-79(114)76(111)81(64(130-85)47-125-84-77(112)74(109)73(108)62(44-98)128-84)124-29-10-6-8-14-65(101)88-24-30-119-34-33-118-27-12-13-61(100)51-18-16-50(17-19-51)41-97-69(105)22-23-70(97)106/h20-23,37-38,42,50-51,62-64,73-81,83-85,98-99,108-114H,4-19,24-36,39-41,43-49H2,1-3H3,(H,88,101)(H,89,103)(H,90,102)(H,91,104)/t50?,51?,62-,63-,64-,73-,74-,75+,76+,77-,78-,79-,80-,81-,83+,84+,85+,87+/m1/s1. The first-order valence-corrected chi connectivity index (χ1v) is 44.8. The number of nitrogens with one attached hydrogen (secondary N) is 4. The summed E-state index contributed by atoms with van der Waals surface area (Å²) in [6, 6.07) is 6.46. The first kappa shape index (κ1) is 103. The summed E-state index contributed by atoms with van der Waals surface area (Å²) in [5.41, 5.74) is 1.58. The number of ketones is 1. The number of carbonyl (C=O) groups is 9. The lowest BCUT2D eigenvalue weighted by molar-refractivity contribution is -0.345. The van der Waals surface area contributed by atoms with E-state index in [2.05, 4.69) is 31.6 Å².